The second-order valence-electron chi connectivity index (χ2n) is 8.00. The second kappa shape index (κ2) is 5.73. The van der Waals surface area contributed by atoms with Crippen molar-refractivity contribution in [3.63, 3.8) is 0 Å². The summed E-state index contributed by atoms with van der Waals surface area (Å²) < 4.78 is 0. The van der Waals surface area contributed by atoms with E-state index in [0.29, 0.717) is 12.1 Å². The van der Waals surface area contributed by atoms with E-state index in [4.69, 9.17) is 0 Å². The van der Waals surface area contributed by atoms with Crippen LogP contribution < -0.4 is 5.32 Å². The third-order valence-corrected chi connectivity index (χ3v) is 5.37. The maximum absolute atomic E-state index is 3.89. The van der Waals surface area contributed by atoms with E-state index in [1.54, 1.807) is 0 Å². The lowest BCUT2D eigenvalue weighted by Gasteiger charge is -2.33. The first-order chi connectivity index (χ1) is 9.93. The highest BCUT2D eigenvalue weighted by Gasteiger charge is 2.34. The van der Waals surface area contributed by atoms with Crippen LogP contribution in [-0.4, -0.2) is 30.6 Å². The molecule has 0 saturated carbocycles. The molecule has 2 nitrogen and oxygen atoms in total. The van der Waals surface area contributed by atoms with E-state index in [-0.39, 0.29) is 5.41 Å². The molecule has 1 N–H and O–H groups in total. The van der Waals surface area contributed by atoms with Gasteiger partial charge in [0.2, 0.25) is 0 Å². The molecule has 4 atom stereocenters. The zero-order valence-electron chi connectivity index (χ0n) is 14.0. The number of hydrogen-bond donors (Lipinski definition) is 1. The largest absolute Gasteiger partial charge is 0.307 e. The summed E-state index contributed by atoms with van der Waals surface area (Å²) in [4.78, 5) is 2.62. The van der Waals surface area contributed by atoms with Crippen molar-refractivity contribution in [2.45, 2.75) is 58.0 Å². The van der Waals surface area contributed by atoms with E-state index in [0.717, 1.165) is 5.92 Å². The maximum atomic E-state index is 3.89. The number of rotatable bonds is 3. The summed E-state index contributed by atoms with van der Waals surface area (Å²) in [7, 11) is 0. The normalized spacial score (nSPS) is 30.4. The van der Waals surface area contributed by atoms with Crippen molar-refractivity contribution in [1.29, 1.82) is 0 Å². The Morgan fingerprint density at radius 1 is 1.10 bits per heavy atom. The van der Waals surface area contributed by atoms with Gasteiger partial charge in [-0.15, -0.1) is 0 Å². The molecular weight excluding hydrogens is 256 g/mol. The van der Waals surface area contributed by atoms with Gasteiger partial charge in [-0.3, -0.25) is 0 Å². The van der Waals surface area contributed by atoms with Crippen LogP contribution in [0, 0.1) is 5.92 Å². The van der Waals surface area contributed by atoms with Crippen molar-refractivity contribution in [2.24, 2.45) is 5.92 Å². The molecule has 2 fully saturated rings. The van der Waals surface area contributed by atoms with Crippen molar-refractivity contribution in [1.82, 2.24) is 10.2 Å². The molecular formula is C19H30N2. The molecule has 2 heterocycles. The van der Waals surface area contributed by atoms with E-state index in [1.165, 1.54) is 43.6 Å². The summed E-state index contributed by atoms with van der Waals surface area (Å²) in [6.45, 7) is 13.1. The molecule has 4 unspecified atom stereocenters. The lowest BCUT2D eigenvalue weighted by Crippen LogP contribution is -2.44. The fourth-order valence-corrected chi connectivity index (χ4v) is 3.86. The molecule has 0 aliphatic carbocycles. The fraction of sp³-hybridized carbons (Fsp3) is 0.684. The minimum absolute atomic E-state index is 0.242. The van der Waals surface area contributed by atoms with Crippen LogP contribution in [0.1, 0.15) is 57.7 Å². The first-order valence-corrected chi connectivity index (χ1v) is 8.52. The fourth-order valence-electron chi connectivity index (χ4n) is 3.86. The van der Waals surface area contributed by atoms with E-state index in [1.807, 2.05) is 0 Å². The lowest BCUT2D eigenvalue weighted by molar-refractivity contribution is 0.212. The number of hydrogen-bond acceptors (Lipinski definition) is 2. The van der Waals surface area contributed by atoms with Crippen LogP contribution in [0.3, 0.4) is 0 Å². The van der Waals surface area contributed by atoms with Crippen molar-refractivity contribution in [3.8, 4) is 0 Å². The van der Waals surface area contributed by atoms with Gasteiger partial charge in [-0.1, -0.05) is 45.0 Å². The molecule has 2 heteroatoms. The Morgan fingerprint density at radius 3 is 2.43 bits per heavy atom. The average Bonchev–Trinajstić information content (AvgIpc) is 2.84. The Hall–Kier alpha value is -0.860. The zero-order chi connectivity index (χ0) is 15.0. The van der Waals surface area contributed by atoms with Crippen molar-refractivity contribution < 1.29 is 0 Å². The number of nitrogens with one attached hydrogen (secondary N) is 1. The summed E-state index contributed by atoms with van der Waals surface area (Å²) >= 11 is 0. The molecule has 116 valence electrons. The predicted molar refractivity (Wildman–Crippen MR) is 89.6 cm³/mol. The van der Waals surface area contributed by atoms with Crippen LogP contribution in [-0.2, 0) is 5.41 Å². The van der Waals surface area contributed by atoms with Gasteiger partial charge in [-0.2, -0.15) is 0 Å². The summed E-state index contributed by atoms with van der Waals surface area (Å²) in [5, 5.41) is 3.89. The van der Waals surface area contributed by atoms with Gasteiger partial charge in [0.15, 0.2) is 0 Å². The average molecular weight is 286 g/mol. The van der Waals surface area contributed by atoms with Crippen LogP contribution in [0.5, 0.6) is 0 Å². The molecule has 2 bridgehead atoms. The quantitative estimate of drug-likeness (QED) is 0.911. The van der Waals surface area contributed by atoms with Crippen LogP contribution in [0.15, 0.2) is 24.3 Å². The monoisotopic (exact) mass is 286 g/mol. The highest BCUT2D eigenvalue weighted by molar-refractivity contribution is 5.29. The molecule has 0 aromatic heterocycles. The van der Waals surface area contributed by atoms with Crippen LogP contribution >= 0.6 is 0 Å². The van der Waals surface area contributed by atoms with Crippen molar-refractivity contribution >= 4 is 0 Å². The molecule has 0 radical (unpaired) electrons. The number of piperidine rings is 1. The van der Waals surface area contributed by atoms with Gasteiger partial charge in [0.25, 0.3) is 0 Å². The van der Waals surface area contributed by atoms with Crippen LogP contribution in [0.25, 0.3) is 0 Å². The van der Waals surface area contributed by atoms with Gasteiger partial charge in [-0.05, 0) is 55.3 Å². The van der Waals surface area contributed by atoms with E-state index in [9.17, 15) is 0 Å². The highest BCUT2D eigenvalue weighted by atomic mass is 15.2. The van der Waals surface area contributed by atoms with Crippen LogP contribution in [0.2, 0.25) is 0 Å². The Labute approximate surface area is 129 Å². The third-order valence-electron chi connectivity index (χ3n) is 5.37. The maximum Gasteiger partial charge on any atom is 0.0294 e. The van der Waals surface area contributed by atoms with E-state index < -0.39 is 0 Å². The smallest absolute Gasteiger partial charge is 0.0294 e. The zero-order valence-corrected chi connectivity index (χ0v) is 14.0. The minimum Gasteiger partial charge on any atom is -0.307 e. The van der Waals surface area contributed by atoms with Gasteiger partial charge in [0.1, 0.15) is 0 Å². The van der Waals surface area contributed by atoms with Crippen molar-refractivity contribution in [3.05, 3.63) is 35.4 Å². The Bertz CT molecular complexity index is 471. The molecule has 0 spiro atoms. The summed E-state index contributed by atoms with van der Waals surface area (Å²) in [6, 6.07) is 10.4. The second-order valence-corrected chi connectivity index (χ2v) is 8.00. The van der Waals surface area contributed by atoms with E-state index >= 15 is 0 Å². The minimum atomic E-state index is 0.242. The first kappa shape index (κ1) is 15.1. The topological polar surface area (TPSA) is 15.3 Å². The molecule has 0 amide bonds. The molecule has 1 aromatic carbocycles. The predicted octanol–water partition coefficient (Wildman–Crippen LogP) is 3.73. The molecule has 2 aliphatic heterocycles. The number of benzene rings is 1. The third kappa shape index (κ3) is 3.32. The van der Waals surface area contributed by atoms with Crippen molar-refractivity contribution in [2.75, 3.05) is 19.6 Å². The number of nitrogens with zero attached hydrogens (tertiary/aromatic N) is 1. The van der Waals surface area contributed by atoms with Gasteiger partial charge in [0.05, 0.1) is 0 Å². The summed E-state index contributed by atoms with van der Waals surface area (Å²) in [6.07, 6.45) is 2.70. The Morgan fingerprint density at radius 2 is 1.76 bits per heavy atom. The molecule has 1 aromatic rings. The van der Waals surface area contributed by atoms with Gasteiger partial charge >= 0.3 is 0 Å². The lowest BCUT2D eigenvalue weighted by atomic mass is 9.86. The van der Waals surface area contributed by atoms with Gasteiger partial charge in [0, 0.05) is 18.6 Å². The number of fused-ring (bicyclic) bond motifs is 2. The molecule has 2 saturated heterocycles. The Balaban J connectivity index is 1.64. The summed E-state index contributed by atoms with van der Waals surface area (Å²) in [5.74, 6) is 0.870. The molecule has 21 heavy (non-hydrogen) atoms. The van der Waals surface area contributed by atoms with Gasteiger partial charge < -0.3 is 10.2 Å². The Kier molecular flexibility index (Phi) is 4.11. The standard InChI is InChI=1S/C19H30N2/c1-14(15-5-7-17(8-6-15)19(2,3)4)20-18-10-12-21-11-9-16(18)13-21/h5-8,14,16,18,20H,9-13H2,1-4H3. The molecule has 2 aliphatic rings. The summed E-state index contributed by atoms with van der Waals surface area (Å²) in [5.41, 5.74) is 3.08. The van der Waals surface area contributed by atoms with E-state index in [2.05, 4.69) is 62.2 Å². The van der Waals surface area contributed by atoms with Crippen LogP contribution in [0.4, 0.5) is 0 Å². The first-order valence-electron chi connectivity index (χ1n) is 8.52. The van der Waals surface area contributed by atoms with Gasteiger partial charge in [-0.25, -0.2) is 0 Å². The SMILES string of the molecule is CC(NC1CCN2CCC1C2)c1ccc(C(C)(C)C)cc1. The highest BCUT2D eigenvalue weighted by Crippen LogP contribution is 2.29. The molecule has 3 rings (SSSR count).